The number of hydrogen-bond acceptors (Lipinski definition) is 4. The Labute approximate surface area is 160 Å². The van der Waals surface area contributed by atoms with Crippen molar-refractivity contribution in [1.82, 2.24) is 4.98 Å². The van der Waals surface area contributed by atoms with Crippen molar-refractivity contribution in [2.24, 2.45) is 11.8 Å². The summed E-state index contributed by atoms with van der Waals surface area (Å²) in [5, 5.41) is 0. The highest BCUT2D eigenvalue weighted by atomic mass is 127. The van der Waals surface area contributed by atoms with E-state index in [9.17, 15) is 0 Å². The number of pyridine rings is 1. The molecule has 1 fully saturated rings. The molecule has 0 radical (unpaired) electrons. The largest absolute Gasteiger partial charge is 0.474 e. The first-order valence-electron chi connectivity index (χ1n) is 8.96. The lowest BCUT2D eigenvalue weighted by molar-refractivity contribution is -0.0859. The maximum atomic E-state index is 5.91. The second-order valence-corrected chi connectivity index (χ2v) is 8.07. The van der Waals surface area contributed by atoms with E-state index < -0.39 is 0 Å². The lowest BCUT2D eigenvalue weighted by atomic mass is 9.91. The van der Waals surface area contributed by atoms with E-state index in [1.165, 1.54) is 12.0 Å². The smallest absolute Gasteiger partial charge is 0.213 e. The van der Waals surface area contributed by atoms with Gasteiger partial charge in [-0.05, 0) is 44.1 Å². The molecular weight excluding hydrogens is 417 g/mol. The lowest BCUT2D eigenvalue weighted by Crippen LogP contribution is -2.40. The minimum Gasteiger partial charge on any atom is -0.474 e. The molecule has 1 aliphatic rings. The maximum absolute atomic E-state index is 5.91. The fraction of sp³-hybridized carbons (Fsp3) is 0.737. The molecular formula is C19H30INO3. The molecule has 0 aliphatic heterocycles. The summed E-state index contributed by atoms with van der Waals surface area (Å²) in [6.45, 7) is 9.49. The zero-order valence-electron chi connectivity index (χ0n) is 15.2. The van der Waals surface area contributed by atoms with Gasteiger partial charge in [0, 0.05) is 25.1 Å². The Hall–Kier alpha value is -0.400. The quantitative estimate of drug-likeness (QED) is 0.474. The van der Waals surface area contributed by atoms with Gasteiger partial charge in [0.15, 0.2) is 0 Å². The van der Waals surface area contributed by atoms with Crippen molar-refractivity contribution in [1.29, 1.82) is 0 Å². The van der Waals surface area contributed by atoms with E-state index in [1.54, 1.807) is 0 Å². The topological polar surface area (TPSA) is 40.6 Å². The first-order chi connectivity index (χ1) is 11.5. The maximum Gasteiger partial charge on any atom is 0.213 e. The molecule has 1 aliphatic carbocycles. The van der Waals surface area contributed by atoms with Crippen LogP contribution < -0.4 is 4.74 Å². The Kier molecular flexibility index (Phi) is 8.23. The summed E-state index contributed by atoms with van der Waals surface area (Å²) < 4.78 is 16.9. The molecule has 24 heavy (non-hydrogen) atoms. The summed E-state index contributed by atoms with van der Waals surface area (Å²) in [6, 6.07) is 4.13. The van der Waals surface area contributed by atoms with Gasteiger partial charge in [-0.2, -0.15) is 0 Å². The summed E-state index contributed by atoms with van der Waals surface area (Å²) in [4.78, 5) is 4.47. The lowest BCUT2D eigenvalue weighted by Gasteiger charge is -2.35. The number of hydrogen-bond donors (Lipinski definition) is 0. The fourth-order valence-corrected chi connectivity index (χ4v) is 3.84. The Bertz CT molecular complexity index is 474. The van der Waals surface area contributed by atoms with Gasteiger partial charge in [0.25, 0.3) is 0 Å². The zero-order chi connectivity index (χ0) is 17.5. The van der Waals surface area contributed by atoms with Crippen molar-refractivity contribution in [2.45, 2.75) is 71.7 Å². The number of halogens is 1. The summed E-state index contributed by atoms with van der Waals surface area (Å²) in [7, 11) is 0. The highest BCUT2D eigenvalue weighted by Crippen LogP contribution is 2.28. The van der Waals surface area contributed by atoms with E-state index in [2.05, 4.69) is 38.7 Å². The van der Waals surface area contributed by atoms with E-state index in [0.29, 0.717) is 24.0 Å². The minimum atomic E-state index is 0.250. The molecule has 1 saturated carbocycles. The van der Waals surface area contributed by atoms with Crippen molar-refractivity contribution in [3.05, 3.63) is 23.9 Å². The summed E-state index contributed by atoms with van der Waals surface area (Å²) in [5.41, 5.74) is 1.27. The van der Waals surface area contributed by atoms with Crippen LogP contribution >= 0.6 is 23.0 Å². The first kappa shape index (κ1) is 19.9. The normalized spacial score (nSPS) is 22.9. The van der Waals surface area contributed by atoms with Crippen LogP contribution in [0.2, 0.25) is 0 Å². The van der Waals surface area contributed by atoms with E-state index in [0.717, 1.165) is 31.7 Å². The Morgan fingerprint density at radius 1 is 1.12 bits per heavy atom. The SMILES string of the molecule is CC(COI)CC(C)Cc1ccc(OC2CC(OC(C)C)C2)nc1. The molecule has 2 unspecified atom stereocenters. The molecule has 5 heteroatoms. The van der Waals surface area contributed by atoms with E-state index in [-0.39, 0.29) is 6.10 Å². The number of aromatic nitrogens is 1. The molecule has 1 aromatic rings. The van der Waals surface area contributed by atoms with Crippen molar-refractivity contribution in [2.75, 3.05) is 6.61 Å². The van der Waals surface area contributed by atoms with Gasteiger partial charge in [0.1, 0.15) is 29.1 Å². The molecule has 1 aromatic heterocycles. The van der Waals surface area contributed by atoms with Gasteiger partial charge in [-0.3, -0.25) is 0 Å². The van der Waals surface area contributed by atoms with Crippen molar-refractivity contribution < 1.29 is 12.5 Å². The monoisotopic (exact) mass is 447 g/mol. The van der Waals surface area contributed by atoms with Gasteiger partial charge < -0.3 is 12.5 Å². The van der Waals surface area contributed by atoms with Crippen LogP contribution in [0, 0.1) is 11.8 Å². The number of ether oxygens (including phenoxy) is 2. The molecule has 4 nitrogen and oxygen atoms in total. The van der Waals surface area contributed by atoms with Gasteiger partial charge in [-0.25, -0.2) is 4.98 Å². The molecule has 0 aromatic carbocycles. The molecule has 2 rings (SSSR count). The van der Waals surface area contributed by atoms with Gasteiger partial charge in [0.2, 0.25) is 5.88 Å². The van der Waals surface area contributed by atoms with Crippen molar-refractivity contribution >= 4 is 23.0 Å². The third-order valence-electron chi connectivity index (χ3n) is 4.34. The Morgan fingerprint density at radius 3 is 2.46 bits per heavy atom. The second kappa shape index (κ2) is 9.92. The first-order valence-corrected chi connectivity index (χ1v) is 9.85. The minimum absolute atomic E-state index is 0.250. The van der Waals surface area contributed by atoms with Crippen LogP contribution in [0.25, 0.3) is 0 Å². The van der Waals surface area contributed by atoms with Gasteiger partial charge in [-0.1, -0.05) is 19.9 Å². The van der Waals surface area contributed by atoms with Crippen LogP contribution in [0.1, 0.15) is 52.5 Å². The highest BCUT2D eigenvalue weighted by molar-refractivity contribution is 14.1. The van der Waals surface area contributed by atoms with Gasteiger partial charge in [0.05, 0.1) is 18.8 Å². The van der Waals surface area contributed by atoms with Gasteiger partial charge >= 0.3 is 0 Å². The third kappa shape index (κ3) is 6.84. The summed E-state index contributed by atoms with van der Waals surface area (Å²) in [5.74, 6) is 1.94. The fourth-order valence-electron chi connectivity index (χ4n) is 3.23. The van der Waals surface area contributed by atoms with Crippen molar-refractivity contribution in [3.63, 3.8) is 0 Å². The summed E-state index contributed by atoms with van der Waals surface area (Å²) in [6.07, 6.45) is 7.00. The Balaban J connectivity index is 1.71. The molecule has 0 bridgehead atoms. The third-order valence-corrected chi connectivity index (χ3v) is 4.70. The van der Waals surface area contributed by atoms with Crippen LogP contribution in [-0.4, -0.2) is 29.9 Å². The average molecular weight is 447 g/mol. The Morgan fingerprint density at radius 2 is 1.88 bits per heavy atom. The molecule has 0 spiro atoms. The molecule has 136 valence electrons. The molecule has 0 N–H and O–H groups in total. The highest BCUT2D eigenvalue weighted by Gasteiger charge is 2.32. The van der Waals surface area contributed by atoms with Crippen LogP contribution in [0.3, 0.4) is 0 Å². The number of rotatable bonds is 10. The predicted molar refractivity (Wildman–Crippen MR) is 105 cm³/mol. The van der Waals surface area contributed by atoms with Crippen LogP contribution in [0.4, 0.5) is 0 Å². The standard InChI is InChI=1S/C19H30INO3/c1-13(2)23-17-9-18(10-17)24-19-6-5-16(11-21-19)8-14(3)7-15(4)12-22-20/h5-6,11,13-15,17-18H,7-10,12H2,1-4H3. The van der Waals surface area contributed by atoms with E-state index in [4.69, 9.17) is 12.5 Å². The number of nitrogens with zero attached hydrogens (tertiary/aromatic N) is 1. The van der Waals surface area contributed by atoms with Crippen molar-refractivity contribution in [3.8, 4) is 5.88 Å². The van der Waals surface area contributed by atoms with Crippen LogP contribution in [0.5, 0.6) is 5.88 Å². The van der Waals surface area contributed by atoms with Crippen LogP contribution in [-0.2, 0) is 14.2 Å². The summed E-state index contributed by atoms with van der Waals surface area (Å²) >= 11 is 1.97. The molecule has 0 saturated heterocycles. The predicted octanol–water partition coefficient (Wildman–Crippen LogP) is 4.99. The van der Waals surface area contributed by atoms with Gasteiger partial charge in [-0.15, -0.1) is 0 Å². The zero-order valence-corrected chi connectivity index (χ0v) is 17.4. The van der Waals surface area contributed by atoms with E-state index >= 15 is 0 Å². The van der Waals surface area contributed by atoms with E-state index in [1.807, 2.05) is 35.3 Å². The molecule has 1 heterocycles. The molecule has 0 amide bonds. The average Bonchev–Trinajstić information content (AvgIpc) is 2.46. The second-order valence-electron chi connectivity index (χ2n) is 7.45. The van der Waals surface area contributed by atoms with Crippen LogP contribution in [0.15, 0.2) is 18.3 Å². The molecule has 2 atom stereocenters.